The van der Waals surface area contributed by atoms with Crippen molar-refractivity contribution in [2.45, 2.75) is 32.2 Å². The largest absolute Gasteiger partial charge is 0.467 e. The van der Waals surface area contributed by atoms with Crippen molar-refractivity contribution in [2.24, 2.45) is 11.0 Å². The molecule has 3 aromatic rings. The molecule has 5 rings (SSSR count). The number of nitrogens with one attached hydrogen (secondary N) is 1. The lowest BCUT2D eigenvalue weighted by Crippen LogP contribution is -2.43. The number of carbonyl (C=O) groups is 2. The topological polar surface area (TPSA) is 104 Å². The maximum Gasteiger partial charge on any atom is 0.257 e. The number of piperidine rings is 1. The van der Waals surface area contributed by atoms with Gasteiger partial charge in [-0.15, -0.1) is 0 Å². The molecule has 1 fully saturated rings. The lowest BCUT2D eigenvalue weighted by atomic mass is 9.96. The molecule has 0 aromatic carbocycles. The van der Waals surface area contributed by atoms with Gasteiger partial charge < -0.3 is 14.2 Å². The Hall–Kier alpha value is -3.72. The molecule has 2 aliphatic rings. The standard InChI is InChI=1S/C25H27N5O4/c1-17-6-9-26-23(14-17)27-25(32)18-7-10-29(11-8-18)16-24(31)30-20(22-5-3-13-34-22)15-19(28-30)21-4-2-12-33-21/h2-6,9,12-14,18,20H,7-8,10-11,15-16H2,1H3,(H,26,27,32). The van der Waals surface area contributed by atoms with Crippen LogP contribution in [-0.4, -0.2) is 52.1 Å². The number of carbonyl (C=O) groups excluding carboxylic acids is 2. The molecule has 0 saturated carbocycles. The molecule has 5 heterocycles. The van der Waals surface area contributed by atoms with Gasteiger partial charge in [0, 0.05) is 18.5 Å². The van der Waals surface area contributed by atoms with E-state index in [0.29, 0.717) is 49.7 Å². The third-order valence-corrected chi connectivity index (χ3v) is 6.33. The van der Waals surface area contributed by atoms with E-state index >= 15 is 0 Å². The van der Waals surface area contributed by atoms with Gasteiger partial charge in [-0.05, 0) is 74.8 Å². The minimum absolute atomic E-state index is 0.0193. The lowest BCUT2D eigenvalue weighted by molar-refractivity contribution is -0.135. The van der Waals surface area contributed by atoms with Crippen molar-refractivity contribution in [3.8, 4) is 0 Å². The van der Waals surface area contributed by atoms with Crippen LogP contribution in [0.1, 0.15) is 42.4 Å². The highest BCUT2D eigenvalue weighted by Gasteiger charge is 2.37. The van der Waals surface area contributed by atoms with Gasteiger partial charge in [0.25, 0.3) is 5.91 Å². The molecule has 1 saturated heterocycles. The summed E-state index contributed by atoms with van der Waals surface area (Å²) in [4.78, 5) is 32.2. The van der Waals surface area contributed by atoms with Crippen molar-refractivity contribution in [3.05, 3.63) is 72.2 Å². The van der Waals surface area contributed by atoms with Crippen LogP contribution < -0.4 is 5.32 Å². The van der Waals surface area contributed by atoms with Crippen LogP contribution in [0.2, 0.25) is 0 Å². The maximum absolute atomic E-state index is 13.2. The third kappa shape index (κ3) is 4.79. The van der Waals surface area contributed by atoms with Gasteiger partial charge in [0.15, 0.2) is 0 Å². The Morgan fingerprint density at radius 1 is 1.12 bits per heavy atom. The molecule has 2 amide bonds. The SMILES string of the molecule is Cc1ccnc(NC(=O)C2CCN(CC(=O)N3N=C(c4ccco4)CC3c3ccco3)CC2)c1. The number of hydrogen-bond acceptors (Lipinski definition) is 7. The quantitative estimate of drug-likeness (QED) is 0.601. The number of nitrogens with zero attached hydrogens (tertiary/aromatic N) is 4. The fraction of sp³-hybridized carbons (Fsp3) is 0.360. The summed E-state index contributed by atoms with van der Waals surface area (Å²) < 4.78 is 11.1. The summed E-state index contributed by atoms with van der Waals surface area (Å²) in [6.07, 6.45) is 6.79. The van der Waals surface area contributed by atoms with Gasteiger partial charge in [0.2, 0.25) is 5.91 Å². The fourth-order valence-corrected chi connectivity index (χ4v) is 4.48. The first-order valence-electron chi connectivity index (χ1n) is 11.5. The predicted octanol–water partition coefficient (Wildman–Crippen LogP) is 3.60. The van der Waals surface area contributed by atoms with E-state index < -0.39 is 0 Å². The number of rotatable bonds is 6. The molecule has 9 heteroatoms. The van der Waals surface area contributed by atoms with E-state index in [2.05, 4.69) is 20.3 Å². The number of aromatic nitrogens is 1. The minimum Gasteiger partial charge on any atom is -0.467 e. The van der Waals surface area contributed by atoms with Gasteiger partial charge in [-0.1, -0.05) is 0 Å². The Morgan fingerprint density at radius 3 is 2.62 bits per heavy atom. The zero-order valence-corrected chi connectivity index (χ0v) is 19.0. The average Bonchev–Trinajstić information content (AvgIpc) is 3.61. The van der Waals surface area contributed by atoms with Gasteiger partial charge in [-0.25, -0.2) is 9.99 Å². The fourth-order valence-electron chi connectivity index (χ4n) is 4.48. The molecule has 2 aliphatic heterocycles. The summed E-state index contributed by atoms with van der Waals surface area (Å²) in [7, 11) is 0. The van der Waals surface area contributed by atoms with Crippen LogP contribution >= 0.6 is 0 Å². The van der Waals surface area contributed by atoms with E-state index in [1.165, 1.54) is 5.01 Å². The van der Waals surface area contributed by atoms with Crippen molar-refractivity contribution in [3.63, 3.8) is 0 Å². The zero-order valence-electron chi connectivity index (χ0n) is 19.0. The van der Waals surface area contributed by atoms with Crippen molar-refractivity contribution in [1.82, 2.24) is 14.9 Å². The van der Waals surface area contributed by atoms with E-state index in [0.717, 1.165) is 11.3 Å². The molecule has 34 heavy (non-hydrogen) atoms. The van der Waals surface area contributed by atoms with Gasteiger partial charge >= 0.3 is 0 Å². The molecular formula is C25H27N5O4. The van der Waals surface area contributed by atoms with E-state index in [-0.39, 0.29) is 30.3 Å². The van der Waals surface area contributed by atoms with Crippen LogP contribution in [0.5, 0.6) is 0 Å². The second-order valence-corrected chi connectivity index (χ2v) is 8.76. The first-order valence-corrected chi connectivity index (χ1v) is 11.5. The van der Waals surface area contributed by atoms with E-state index in [9.17, 15) is 9.59 Å². The minimum atomic E-state index is -0.298. The van der Waals surface area contributed by atoms with Crippen LogP contribution in [0.15, 0.2) is 69.1 Å². The Balaban J connectivity index is 1.19. The highest BCUT2D eigenvalue weighted by molar-refractivity contribution is 6.01. The maximum atomic E-state index is 13.2. The van der Waals surface area contributed by atoms with E-state index in [1.54, 1.807) is 24.8 Å². The normalized spacial score (nSPS) is 19.3. The van der Waals surface area contributed by atoms with E-state index in [1.807, 2.05) is 37.3 Å². The van der Waals surface area contributed by atoms with Gasteiger partial charge in [-0.3, -0.25) is 14.5 Å². The van der Waals surface area contributed by atoms with Gasteiger partial charge in [0.1, 0.15) is 29.1 Å². The molecule has 176 valence electrons. The van der Waals surface area contributed by atoms with Crippen LogP contribution in [-0.2, 0) is 9.59 Å². The van der Waals surface area contributed by atoms with Crippen molar-refractivity contribution < 1.29 is 18.4 Å². The zero-order chi connectivity index (χ0) is 23.5. The molecular weight excluding hydrogens is 434 g/mol. The second-order valence-electron chi connectivity index (χ2n) is 8.76. The molecule has 1 atom stereocenters. The Labute approximate surface area is 197 Å². The number of aryl methyl sites for hydroxylation is 1. The summed E-state index contributed by atoms with van der Waals surface area (Å²) in [6, 6.07) is 10.8. The Bertz CT molecular complexity index is 1160. The van der Waals surface area contributed by atoms with Gasteiger partial charge in [0.05, 0.1) is 19.1 Å². The molecule has 3 aromatic heterocycles. The lowest BCUT2D eigenvalue weighted by Gasteiger charge is -2.32. The molecule has 9 nitrogen and oxygen atoms in total. The highest BCUT2D eigenvalue weighted by atomic mass is 16.3. The summed E-state index contributed by atoms with van der Waals surface area (Å²) in [6.45, 7) is 3.53. The van der Waals surface area contributed by atoms with Crippen molar-refractivity contribution >= 4 is 23.3 Å². The second kappa shape index (κ2) is 9.64. The van der Waals surface area contributed by atoms with Gasteiger partial charge in [-0.2, -0.15) is 5.10 Å². The van der Waals surface area contributed by atoms with Crippen LogP contribution in [0.4, 0.5) is 5.82 Å². The highest BCUT2D eigenvalue weighted by Crippen LogP contribution is 2.33. The summed E-state index contributed by atoms with van der Waals surface area (Å²) in [5.74, 6) is 1.70. The molecule has 1 N–H and O–H groups in total. The Kier molecular flexibility index (Phi) is 6.27. The van der Waals surface area contributed by atoms with Crippen LogP contribution in [0, 0.1) is 12.8 Å². The summed E-state index contributed by atoms with van der Waals surface area (Å²) >= 11 is 0. The van der Waals surface area contributed by atoms with Crippen molar-refractivity contribution in [1.29, 1.82) is 0 Å². The van der Waals surface area contributed by atoms with Crippen molar-refractivity contribution in [2.75, 3.05) is 25.0 Å². The monoisotopic (exact) mass is 461 g/mol. The molecule has 0 aliphatic carbocycles. The Morgan fingerprint density at radius 2 is 1.91 bits per heavy atom. The number of hydrogen-bond donors (Lipinski definition) is 1. The summed E-state index contributed by atoms with van der Waals surface area (Å²) in [5.41, 5.74) is 1.77. The number of furan rings is 2. The number of anilines is 1. The predicted molar refractivity (Wildman–Crippen MR) is 125 cm³/mol. The molecule has 0 radical (unpaired) electrons. The first-order chi connectivity index (χ1) is 16.6. The molecule has 0 bridgehead atoms. The smallest absolute Gasteiger partial charge is 0.257 e. The molecule has 1 unspecified atom stereocenters. The van der Waals surface area contributed by atoms with Crippen LogP contribution in [0.25, 0.3) is 0 Å². The number of likely N-dealkylation sites (tertiary alicyclic amines) is 1. The summed E-state index contributed by atoms with van der Waals surface area (Å²) in [5, 5.41) is 9.00. The van der Waals surface area contributed by atoms with Crippen LogP contribution in [0.3, 0.4) is 0 Å². The first kappa shape index (κ1) is 22.1. The number of pyridine rings is 1. The average molecular weight is 462 g/mol. The van der Waals surface area contributed by atoms with E-state index in [4.69, 9.17) is 8.83 Å². The number of amides is 2. The number of hydrazone groups is 1. The third-order valence-electron chi connectivity index (χ3n) is 6.33. The molecule has 0 spiro atoms.